The van der Waals surface area contributed by atoms with E-state index in [0.717, 1.165) is 33.9 Å². The van der Waals surface area contributed by atoms with Crippen molar-refractivity contribution in [2.24, 2.45) is 4.99 Å². The number of carbonyl (C=O) groups is 1. The summed E-state index contributed by atoms with van der Waals surface area (Å²) in [5.74, 6) is -1.66. The van der Waals surface area contributed by atoms with Gasteiger partial charge in [0.05, 0.1) is 4.91 Å². The first-order valence-corrected chi connectivity index (χ1v) is 8.52. The molecule has 0 N–H and O–H groups in total. The summed E-state index contributed by atoms with van der Waals surface area (Å²) in [6.45, 7) is 0. The molecule has 24 heavy (non-hydrogen) atoms. The van der Waals surface area contributed by atoms with Crippen molar-refractivity contribution in [2.45, 2.75) is 0 Å². The lowest BCUT2D eigenvalue weighted by Crippen LogP contribution is -2.23. The van der Waals surface area contributed by atoms with Gasteiger partial charge in [-0.15, -0.1) is 0 Å². The zero-order chi connectivity index (χ0) is 17.3. The highest BCUT2D eigenvalue weighted by Gasteiger charge is 2.30. The van der Waals surface area contributed by atoms with Crippen molar-refractivity contribution in [1.82, 2.24) is 4.90 Å². The van der Waals surface area contributed by atoms with E-state index in [0.29, 0.717) is 10.1 Å². The summed E-state index contributed by atoms with van der Waals surface area (Å²) >= 11 is 4.50. The molecule has 0 aromatic heterocycles. The molecular weight excluding hydrogens is 398 g/mol. The Labute approximate surface area is 150 Å². The van der Waals surface area contributed by atoms with Crippen LogP contribution in [0.5, 0.6) is 0 Å². The van der Waals surface area contributed by atoms with Gasteiger partial charge < -0.3 is 0 Å². The van der Waals surface area contributed by atoms with Gasteiger partial charge in [0.1, 0.15) is 11.5 Å². The molecule has 0 unspecified atom stereocenters. The van der Waals surface area contributed by atoms with Gasteiger partial charge in [0, 0.05) is 17.6 Å². The van der Waals surface area contributed by atoms with E-state index < -0.39 is 11.6 Å². The van der Waals surface area contributed by atoms with Crippen LogP contribution in [0.15, 0.2) is 56.8 Å². The summed E-state index contributed by atoms with van der Waals surface area (Å²) in [4.78, 5) is 18.3. The van der Waals surface area contributed by atoms with E-state index in [-0.39, 0.29) is 11.6 Å². The van der Waals surface area contributed by atoms with E-state index in [4.69, 9.17) is 0 Å². The molecule has 0 bridgehead atoms. The Bertz CT molecular complexity index is 865. The number of rotatable bonds is 2. The first-order valence-electron chi connectivity index (χ1n) is 6.91. The molecule has 1 fully saturated rings. The fourth-order valence-electron chi connectivity index (χ4n) is 2.04. The SMILES string of the molecule is CN1C(=O)/C(=C\c2ccc(Br)cc2)SC1=Nc1ccc(F)cc1F. The highest BCUT2D eigenvalue weighted by Crippen LogP contribution is 2.33. The molecule has 0 atom stereocenters. The van der Waals surface area contributed by atoms with Crippen LogP contribution in [0, 0.1) is 11.6 Å². The molecule has 0 radical (unpaired) electrons. The van der Waals surface area contributed by atoms with Crippen molar-refractivity contribution in [2.75, 3.05) is 7.05 Å². The number of hydrogen-bond acceptors (Lipinski definition) is 3. The van der Waals surface area contributed by atoms with Crippen LogP contribution < -0.4 is 0 Å². The number of benzene rings is 2. The third-order valence-corrected chi connectivity index (χ3v) is 4.89. The standard InChI is InChI=1S/C17H11BrF2N2OS/c1-22-16(23)15(8-10-2-4-11(18)5-3-10)24-17(22)21-14-7-6-12(19)9-13(14)20/h2-9H,1H3/b15-8+,21-17?. The number of nitrogens with zero attached hydrogens (tertiary/aromatic N) is 2. The minimum atomic E-state index is -0.769. The molecule has 2 aromatic carbocycles. The smallest absolute Gasteiger partial charge is 0.266 e. The van der Waals surface area contributed by atoms with Crippen LogP contribution in [-0.4, -0.2) is 23.0 Å². The fraction of sp³-hybridized carbons (Fsp3) is 0.0588. The molecule has 2 aromatic rings. The predicted molar refractivity (Wildman–Crippen MR) is 95.9 cm³/mol. The van der Waals surface area contributed by atoms with Gasteiger partial charge in [0.25, 0.3) is 5.91 Å². The second-order valence-corrected chi connectivity index (χ2v) is 6.94. The van der Waals surface area contributed by atoms with Crippen molar-refractivity contribution < 1.29 is 13.6 Å². The van der Waals surface area contributed by atoms with Crippen molar-refractivity contribution in [3.05, 3.63) is 69.0 Å². The van der Waals surface area contributed by atoms with E-state index in [9.17, 15) is 13.6 Å². The number of amides is 1. The molecule has 7 heteroatoms. The summed E-state index contributed by atoms with van der Waals surface area (Å²) in [5.41, 5.74) is 0.861. The van der Waals surface area contributed by atoms with E-state index in [1.165, 1.54) is 11.0 Å². The molecule has 0 aliphatic carbocycles. The highest BCUT2D eigenvalue weighted by molar-refractivity contribution is 9.10. The summed E-state index contributed by atoms with van der Waals surface area (Å²) < 4.78 is 27.6. The maximum atomic E-state index is 13.7. The van der Waals surface area contributed by atoms with E-state index in [1.54, 1.807) is 13.1 Å². The predicted octanol–water partition coefficient (Wildman–Crippen LogP) is 4.96. The number of aliphatic imine (C=N–C) groups is 1. The van der Waals surface area contributed by atoms with Crippen LogP contribution in [0.25, 0.3) is 6.08 Å². The van der Waals surface area contributed by atoms with Gasteiger partial charge in [0.2, 0.25) is 0 Å². The Hall–Kier alpha value is -1.99. The van der Waals surface area contributed by atoms with Crippen LogP contribution >= 0.6 is 27.7 Å². The van der Waals surface area contributed by atoms with Crippen LogP contribution in [0.2, 0.25) is 0 Å². The molecule has 122 valence electrons. The summed E-state index contributed by atoms with van der Waals surface area (Å²) in [7, 11) is 1.57. The number of likely N-dealkylation sites (N-methyl/N-ethyl adjacent to an activating group) is 1. The van der Waals surface area contributed by atoms with Gasteiger partial charge in [-0.2, -0.15) is 0 Å². The number of amidine groups is 1. The maximum absolute atomic E-state index is 13.7. The lowest BCUT2D eigenvalue weighted by Gasteiger charge is -2.07. The van der Waals surface area contributed by atoms with Crippen molar-refractivity contribution in [1.29, 1.82) is 0 Å². The third kappa shape index (κ3) is 3.57. The van der Waals surface area contributed by atoms with Gasteiger partial charge in [-0.3, -0.25) is 9.69 Å². The Morgan fingerprint density at radius 1 is 1.17 bits per heavy atom. The molecule has 0 saturated carbocycles. The second-order valence-electron chi connectivity index (χ2n) is 5.02. The number of carbonyl (C=O) groups excluding carboxylic acids is 1. The monoisotopic (exact) mass is 408 g/mol. The van der Waals surface area contributed by atoms with Gasteiger partial charge in [-0.25, -0.2) is 13.8 Å². The molecule has 1 amide bonds. The second kappa shape index (κ2) is 6.86. The fourth-order valence-corrected chi connectivity index (χ4v) is 3.28. The van der Waals surface area contributed by atoms with Crippen molar-refractivity contribution in [3.63, 3.8) is 0 Å². The van der Waals surface area contributed by atoms with Crippen LogP contribution in [-0.2, 0) is 4.79 Å². The van der Waals surface area contributed by atoms with Gasteiger partial charge in [0.15, 0.2) is 11.0 Å². The molecule has 3 nitrogen and oxygen atoms in total. The largest absolute Gasteiger partial charge is 0.290 e. The van der Waals surface area contributed by atoms with Gasteiger partial charge in [-0.05, 0) is 47.7 Å². The average molecular weight is 409 g/mol. The molecule has 0 spiro atoms. The van der Waals surface area contributed by atoms with E-state index in [2.05, 4.69) is 20.9 Å². The minimum absolute atomic E-state index is 0.0107. The Kier molecular flexibility index (Phi) is 4.82. The van der Waals surface area contributed by atoms with Crippen molar-refractivity contribution >= 4 is 50.5 Å². The summed E-state index contributed by atoms with van der Waals surface area (Å²) in [6, 6.07) is 10.6. The van der Waals surface area contributed by atoms with E-state index in [1.807, 2.05) is 24.3 Å². The van der Waals surface area contributed by atoms with E-state index >= 15 is 0 Å². The zero-order valence-electron chi connectivity index (χ0n) is 12.5. The first kappa shape index (κ1) is 16.9. The zero-order valence-corrected chi connectivity index (χ0v) is 14.9. The maximum Gasteiger partial charge on any atom is 0.266 e. The topological polar surface area (TPSA) is 32.7 Å². The normalized spacial score (nSPS) is 18.0. The molecule has 1 aliphatic heterocycles. The molecule has 1 heterocycles. The third-order valence-electron chi connectivity index (χ3n) is 3.30. The van der Waals surface area contributed by atoms with Gasteiger partial charge in [-0.1, -0.05) is 28.1 Å². The van der Waals surface area contributed by atoms with Crippen LogP contribution in [0.4, 0.5) is 14.5 Å². The number of thioether (sulfide) groups is 1. The Balaban J connectivity index is 1.91. The lowest BCUT2D eigenvalue weighted by atomic mass is 10.2. The Morgan fingerprint density at radius 2 is 1.88 bits per heavy atom. The van der Waals surface area contributed by atoms with Crippen LogP contribution in [0.1, 0.15) is 5.56 Å². The minimum Gasteiger partial charge on any atom is -0.290 e. The Morgan fingerprint density at radius 3 is 2.54 bits per heavy atom. The van der Waals surface area contributed by atoms with Crippen molar-refractivity contribution in [3.8, 4) is 0 Å². The molecular formula is C17H11BrF2N2OS. The quantitative estimate of drug-likeness (QED) is 0.657. The van der Waals surface area contributed by atoms with Gasteiger partial charge >= 0.3 is 0 Å². The molecule has 1 aliphatic rings. The molecule has 1 saturated heterocycles. The average Bonchev–Trinajstić information content (AvgIpc) is 2.80. The van der Waals surface area contributed by atoms with Crippen LogP contribution in [0.3, 0.4) is 0 Å². The molecule has 3 rings (SSSR count). The lowest BCUT2D eigenvalue weighted by molar-refractivity contribution is -0.121. The first-order chi connectivity index (χ1) is 11.4. The number of hydrogen-bond donors (Lipinski definition) is 0. The highest BCUT2D eigenvalue weighted by atomic mass is 79.9. The number of halogens is 3. The summed E-state index contributed by atoms with van der Waals surface area (Å²) in [6.07, 6.45) is 1.75. The summed E-state index contributed by atoms with van der Waals surface area (Å²) in [5, 5.41) is 0.342.